The van der Waals surface area contributed by atoms with Gasteiger partial charge in [0, 0.05) is 6.54 Å². The maximum absolute atomic E-state index is 12.3. The second-order valence-corrected chi connectivity index (χ2v) is 8.52. The minimum absolute atomic E-state index is 0.245. The Bertz CT molecular complexity index is 1170. The quantitative estimate of drug-likeness (QED) is 0.397. The smallest absolute Gasteiger partial charge is 0.282 e. The van der Waals surface area contributed by atoms with Crippen LogP contribution < -0.4 is 10.1 Å². The average molecular weight is 454 g/mol. The molecule has 0 aliphatic rings. The predicted octanol–water partition coefficient (Wildman–Crippen LogP) is 4.13. The number of carbonyl (C=O) groups excluding carboxylic acids is 1. The van der Waals surface area contributed by atoms with Gasteiger partial charge in [-0.05, 0) is 24.6 Å². The van der Waals surface area contributed by atoms with Gasteiger partial charge < -0.3 is 14.5 Å². The van der Waals surface area contributed by atoms with Crippen molar-refractivity contribution < 1.29 is 13.9 Å². The Morgan fingerprint density at radius 2 is 1.90 bits per heavy atom. The molecule has 2 aromatic carbocycles. The number of nitrogens with one attached hydrogen (secondary N) is 1. The Morgan fingerprint density at radius 1 is 1.10 bits per heavy atom. The van der Waals surface area contributed by atoms with Crippen molar-refractivity contribution in [2.24, 2.45) is 0 Å². The number of benzene rings is 2. The standard InChI is InChI=1S/C21H19N5O3S2/c1-13-7-9-14(10-8-13)11-22-18(27)20-25-23-17(31-20)12-30-21-26-24-19(29-21)15-5-3-4-6-16(15)28-2/h3-10H,11-12H2,1-2H3,(H,22,27). The highest BCUT2D eigenvalue weighted by Gasteiger charge is 2.16. The van der Waals surface area contributed by atoms with Gasteiger partial charge >= 0.3 is 0 Å². The molecular formula is C21H19N5O3S2. The van der Waals surface area contributed by atoms with Crippen LogP contribution in [0.1, 0.15) is 25.9 Å². The van der Waals surface area contributed by atoms with E-state index in [9.17, 15) is 4.79 Å². The Hall–Kier alpha value is -3.24. The monoisotopic (exact) mass is 453 g/mol. The molecule has 0 atom stereocenters. The summed E-state index contributed by atoms with van der Waals surface area (Å²) in [6.45, 7) is 2.47. The van der Waals surface area contributed by atoms with Gasteiger partial charge in [-0.1, -0.05) is 65.1 Å². The summed E-state index contributed by atoms with van der Waals surface area (Å²) in [6, 6.07) is 15.4. The van der Waals surface area contributed by atoms with Crippen LogP contribution in [0.3, 0.4) is 0 Å². The van der Waals surface area contributed by atoms with Crippen LogP contribution in [0.15, 0.2) is 58.2 Å². The van der Waals surface area contributed by atoms with Crippen molar-refractivity contribution in [3.05, 3.63) is 69.7 Å². The van der Waals surface area contributed by atoms with Crippen LogP contribution in [0.2, 0.25) is 0 Å². The van der Waals surface area contributed by atoms with Crippen molar-refractivity contribution >= 4 is 29.0 Å². The van der Waals surface area contributed by atoms with E-state index < -0.39 is 0 Å². The number of methoxy groups -OCH3 is 1. The number of amides is 1. The van der Waals surface area contributed by atoms with Crippen molar-refractivity contribution in [3.8, 4) is 17.2 Å². The Balaban J connectivity index is 1.33. The van der Waals surface area contributed by atoms with Gasteiger partial charge in [0.15, 0.2) is 0 Å². The summed E-state index contributed by atoms with van der Waals surface area (Å²) >= 11 is 2.58. The lowest BCUT2D eigenvalue weighted by molar-refractivity contribution is 0.0950. The Morgan fingerprint density at radius 3 is 2.71 bits per heavy atom. The first kappa shape index (κ1) is 21.0. The van der Waals surface area contributed by atoms with E-state index in [1.807, 2.05) is 55.5 Å². The third kappa shape index (κ3) is 5.28. The van der Waals surface area contributed by atoms with Gasteiger partial charge in [0.1, 0.15) is 10.8 Å². The predicted molar refractivity (Wildman–Crippen MR) is 118 cm³/mol. The van der Waals surface area contributed by atoms with Crippen LogP contribution in [0, 0.1) is 6.92 Å². The second kappa shape index (κ2) is 9.71. The lowest BCUT2D eigenvalue weighted by Gasteiger charge is -2.03. The minimum atomic E-state index is -0.245. The molecule has 4 aromatic rings. The van der Waals surface area contributed by atoms with Crippen molar-refractivity contribution in [2.75, 3.05) is 7.11 Å². The minimum Gasteiger partial charge on any atom is -0.496 e. The molecule has 0 bridgehead atoms. The topological polar surface area (TPSA) is 103 Å². The number of carbonyl (C=O) groups is 1. The second-order valence-electron chi connectivity index (χ2n) is 6.53. The molecule has 10 heteroatoms. The molecule has 2 heterocycles. The number of rotatable bonds is 8. The first-order chi connectivity index (χ1) is 15.1. The van der Waals surface area contributed by atoms with Crippen LogP contribution in [-0.4, -0.2) is 33.4 Å². The normalized spacial score (nSPS) is 10.8. The van der Waals surface area contributed by atoms with E-state index in [4.69, 9.17) is 9.15 Å². The van der Waals surface area contributed by atoms with Gasteiger partial charge in [0.2, 0.25) is 5.01 Å². The molecule has 0 fully saturated rings. The number of ether oxygens (including phenoxy) is 1. The number of thioether (sulfide) groups is 1. The van der Waals surface area contributed by atoms with E-state index in [1.165, 1.54) is 28.7 Å². The number of hydrogen-bond acceptors (Lipinski definition) is 9. The SMILES string of the molecule is COc1ccccc1-c1nnc(SCc2nnc(C(=O)NCc3ccc(C)cc3)s2)o1. The third-order valence-corrected chi connectivity index (χ3v) is 6.23. The van der Waals surface area contributed by atoms with E-state index in [1.54, 1.807) is 7.11 Å². The fraction of sp³-hybridized carbons (Fsp3) is 0.190. The Kier molecular flexibility index (Phi) is 6.58. The van der Waals surface area contributed by atoms with Crippen molar-refractivity contribution in [2.45, 2.75) is 24.4 Å². The molecule has 0 saturated carbocycles. The van der Waals surface area contributed by atoms with Crippen LogP contribution in [0.25, 0.3) is 11.5 Å². The largest absolute Gasteiger partial charge is 0.496 e. The van der Waals surface area contributed by atoms with E-state index in [0.29, 0.717) is 39.2 Å². The van der Waals surface area contributed by atoms with Gasteiger partial charge in [-0.3, -0.25) is 4.79 Å². The fourth-order valence-corrected chi connectivity index (χ4v) is 4.19. The summed E-state index contributed by atoms with van der Waals surface area (Å²) in [5.74, 6) is 1.27. The van der Waals surface area contributed by atoms with Gasteiger partial charge in [0.25, 0.3) is 17.0 Å². The molecule has 0 unspecified atom stereocenters. The fourth-order valence-electron chi connectivity index (χ4n) is 2.69. The summed E-state index contributed by atoms with van der Waals surface area (Å²) in [6.07, 6.45) is 0. The van der Waals surface area contributed by atoms with E-state index in [2.05, 4.69) is 25.7 Å². The first-order valence-electron chi connectivity index (χ1n) is 9.38. The maximum Gasteiger partial charge on any atom is 0.282 e. The number of nitrogens with zero attached hydrogens (tertiary/aromatic N) is 4. The number of hydrogen-bond donors (Lipinski definition) is 1. The molecule has 0 spiro atoms. The highest BCUT2D eigenvalue weighted by Crippen LogP contribution is 2.31. The molecule has 0 aliphatic heterocycles. The molecule has 0 radical (unpaired) electrons. The lowest BCUT2D eigenvalue weighted by Crippen LogP contribution is -2.22. The summed E-state index contributed by atoms with van der Waals surface area (Å²) in [7, 11) is 1.59. The highest BCUT2D eigenvalue weighted by molar-refractivity contribution is 7.98. The molecule has 2 aromatic heterocycles. The van der Waals surface area contributed by atoms with Crippen LogP contribution in [-0.2, 0) is 12.3 Å². The van der Waals surface area contributed by atoms with Crippen molar-refractivity contribution in [1.82, 2.24) is 25.7 Å². The molecule has 31 heavy (non-hydrogen) atoms. The summed E-state index contributed by atoms with van der Waals surface area (Å²) < 4.78 is 11.0. The molecule has 1 N–H and O–H groups in total. The van der Waals surface area contributed by atoms with Gasteiger partial charge in [0.05, 0.1) is 18.4 Å². The van der Waals surface area contributed by atoms with Gasteiger partial charge in [-0.15, -0.1) is 20.4 Å². The zero-order valence-corrected chi connectivity index (χ0v) is 18.5. The van der Waals surface area contributed by atoms with Crippen molar-refractivity contribution in [3.63, 3.8) is 0 Å². The molecule has 158 valence electrons. The van der Waals surface area contributed by atoms with E-state index in [0.717, 1.165) is 11.1 Å². The zero-order chi connectivity index (χ0) is 21.6. The first-order valence-corrected chi connectivity index (χ1v) is 11.2. The van der Waals surface area contributed by atoms with Gasteiger partial charge in [-0.2, -0.15) is 0 Å². The summed E-state index contributed by atoms with van der Waals surface area (Å²) in [5, 5.41) is 20.5. The van der Waals surface area contributed by atoms with Crippen molar-refractivity contribution in [1.29, 1.82) is 0 Å². The van der Waals surface area contributed by atoms with E-state index >= 15 is 0 Å². The molecule has 0 aliphatic carbocycles. The molecule has 1 amide bonds. The van der Waals surface area contributed by atoms with Gasteiger partial charge in [-0.25, -0.2) is 0 Å². The average Bonchev–Trinajstić information content (AvgIpc) is 3.47. The number of para-hydroxylation sites is 1. The molecule has 8 nitrogen and oxygen atoms in total. The van der Waals surface area contributed by atoms with Crippen LogP contribution >= 0.6 is 23.1 Å². The maximum atomic E-state index is 12.3. The Labute approximate surface area is 187 Å². The number of aromatic nitrogens is 4. The van der Waals surface area contributed by atoms with E-state index in [-0.39, 0.29) is 5.91 Å². The summed E-state index contributed by atoms with van der Waals surface area (Å²) in [4.78, 5) is 12.3. The zero-order valence-electron chi connectivity index (χ0n) is 16.9. The van der Waals surface area contributed by atoms with Crippen LogP contribution in [0.5, 0.6) is 5.75 Å². The lowest BCUT2D eigenvalue weighted by atomic mass is 10.1. The third-order valence-electron chi connectivity index (χ3n) is 4.30. The summed E-state index contributed by atoms with van der Waals surface area (Å²) in [5.41, 5.74) is 2.94. The molecule has 0 saturated heterocycles. The molecular weight excluding hydrogens is 434 g/mol. The highest BCUT2D eigenvalue weighted by atomic mass is 32.2. The molecule has 4 rings (SSSR count). The number of aryl methyl sites for hydroxylation is 1. The van der Waals surface area contributed by atoms with Crippen LogP contribution in [0.4, 0.5) is 0 Å².